The highest BCUT2D eigenvalue weighted by molar-refractivity contribution is 7.14. The molecule has 1 aromatic carbocycles. The van der Waals surface area contributed by atoms with E-state index in [9.17, 15) is 13.6 Å². The van der Waals surface area contributed by atoms with Gasteiger partial charge >= 0.3 is 5.97 Å². The summed E-state index contributed by atoms with van der Waals surface area (Å²) in [4.78, 5) is 15.5. The molecular weight excluding hydrogens is 417 g/mol. The van der Waals surface area contributed by atoms with Crippen LogP contribution in [-0.4, -0.2) is 37.6 Å². The van der Waals surface area contributed by atoms with Crippen LogP contribution < -0.4 is 5.32 Å². The first-order valence-electron chi connectivity index (χ1n) is 8.06. The van der Waals surface area contributed by atoms with Crippen LogP contribution in [0.2, 0.25) is 0 Å². The van der Waals surface area contributed by atoms with Gasteiger partial charge in [-0.1, -0.05) is 0 Å². The average molecular weight is 439 g/mol. The smallest absolute Gasteiger partial charge is 0.348 e. The van der Waals surface area contributed by atoms with Crippen LogP contribution in [-0.2, 0) is 11.3 Å². The van der Waals surface area contributed by atoms with Crippen LogP contribution >= 0.6 is 36.2 Å². The molecule has 1 unspecified atom stereocenters. The molecule has 1 saturated heterocycles. The fourth-order valence-corrected chi connectivity index (χ4v) is 4.08. The second-order valence-corrected chi connectivity index (χ2v) is 7.33. The van der Waals surface area contributed by atoms with Gasteiger partial charge in [-0.2, -0.15) is 0 Å². The third kappa shape index (κ3) is 5.62. The lowest BCUT2D eigenvalue weighted by molar-refractivity contribution is 0.0606. The lowest BCUT2D eigenvalue weighted by Gasteiger charge is -2.36. The minimum atomic E-state index is -0.569. The number of methoxy groups -OCH3 is 1. The Morgan fingerprint density at radius 2 is 1.93 bits per heavy atom. The first-order chi connectivity index (χ1) is 12.0. The Kier molecular flexibility index (Phi) is 9.11. The van der Waals surface area contributed by atoms with Gasteiger partial charge in [0, 0.05) is 43.2 Å². The number of esters is 1. The second kappa shape index (κ2) is 10.3. The highest BCUT2D eigenvalue weighted by Crippen LogP contribution is 2.29. The fourth-order valence-electron chi connectivity index (χ4n) is 3.13. The first kappa shape index (κ1) is 23.8. The molecule has 1 aromatic heterocycles. The summed E-state index contributed by atoms with van der Waals surface area (Å²) >= 11 is 1.40. The quantitative estimate of drug-likeness (QED) is 0.729. The maximum atomic E-state index is 13.6. The van der Waals surface area contributed by atoms with Crippen molar-refractivity contribution < 1.29 is 18.3 Å². The van der Waals surface area contributed by atoms with Crippen molar-refractivity contribution in [2.24, 2.45) is 0 Å². The number of hydrogen-bond donors (Lipinski definition) is 1. The van der Waals surface area contributed by atoms with Crippen LogP contribution in [0.5, 0.6) is 0 Å². The van der Waals surface area contributed by atoms with Gasteiger partial charge in [-0.3, -0.25) is 4.90 Å². The number of carbonyl (C=O) groups excluding carboxylic acids is 1. The number of ether oxygens (including phenoxy) is 1. The summed E-state index contributed by atoms with van der Waals surface area (Å²) in [5, 5.41) is 3.28. The third-order valence-electron chi connectivity index (χ3n) is 4.40. The van der Waals surface area contributed by atoms with Crippen molar-refractivity contribution in [2.45, 2.75) is 19.5 Å². The van der Waals surface area contributed by atoms with Gasteiger partial charge in [0.15, 0.2) is 0 Å². The van der Waals surface area contributed by atoms with Crippen molar-refractivity contribution in [1.82, 2.24) is 10.2 Å². The highest BCUT2D eigenvalue weighted by Gasteiger charge is 2.26. The largest absolute Gasteiger partial charge is 0.465 e. The van der Waals surface area contributed by atoms with Gasteiger partial charge in [0.25, 0.3) is 0 Å². The number of rotatable bonds is 4. The first-order valence-corrected chi connectivity index (χ1v) is 8.88. The minimum Gasteiger partial charge on any atom is -0.465 e. The normalized spacial score (nSPS) is 17.0. The van der Waals surface area contributed by atoms with Crippen molar-refractivity contribution in [3.8, 4) is 0 Å². The highest BCUT2D eigenvalue weighted by atomic mass is 35.5. The molecule has 1 fully saturated rings. The number of carbonyl (C=O) groups is 1. The zero-order valence-electron chi connectivity index (χ0n) is 15.0. The molecule has 0 bridgehead atoms. The number of piperazine rings is 1. The molecule has 1 N–H and O–H groups in total. The topological polar surface area (TPSA) is 41.6 Å². The van der Waals surface area contributed by atoms with E-state index < -0.39 is 11.6 Å². The molecule has 0 saturated carbocycles. The Balaban J connectivity index is 0.00000182. The number of benzene rings is 1. The Hall–Kier alpha value is -1.25. The fraction of sp³-hybridized carbons (Fsp3) is 0.389. The molecule has 9 heteroatoms. The van der Waals surface area contributed by atoms with Crippen molar-refractivity contribution in [3.05, 3.63) is 56.8 Å². The molecular formula is C18H22Cl2F2N2O2S. The van der Waals surface area contributed by atoms with E-state index in [1.165, 1.54) is 30.6 Å². The summed E-state index contributed by atoms with van der Waals surface area (Å²) in [5.74, 6) is -1.48. The van der Waals surface area contributed by atoms with Crippen molar-refractivity contribution >= 4 is 42.1 Å². The number of aryl methyl sites for hydroxylation is 1. The summed E-state index contributed by atoms with van der Waals surface area (Å²) in [6.07, 6.45) is 0. The van der Waals surface area contributed by atoms with E-state index in [1.54, 1.807) is 0 Å². The lowest BCUT2D eigenvalue weighted by atomic mass is 10.0. The van der Waals surface area contributed by atoms with Crippen molar-refractivity contribution in [3.63, 3.8) is 0 Å². The molecule has 150 valence electrons. The molecule has 0 amide bonds. The summed E-state index contributed by atoms with van der Waals surface area (Å²) < 4.78 is 32.0. The molecule has 3 rings (SSSR count). The standard InChI is InChI=1S/C18H20F2N2O2S.2ClH/c1-11-13(7-17(25-11)18(23)24-2)10-22-4-3-21-9-16(22)12-5-14(19)8-15(20)6-12;;/h5-8,16,21H,3-4,9-10H2,1-2H3;2*1H. The molecule has 0 aliphatic carbocycles. The summed E-state index contributed by atoms with van der Waals surface area (Å²) in [7, 11) is 1.36. The van der Waals surface area contributed by atoms with Crippen molar-refractivity contribution in [1.29, 1.82) is 0 Å². The molecule has 4 nitrogen and oxygen atoms in total. The van der Waals surface area contributed by atoms with Gasteiger partial charge in [-0.25, -0.2) is 13.6 Å². The third-order valence-corrected chi connectivity index (χ3v) is 5.48. The predicted octanol–water partition coefficient (Wildman–Crippen LogP) is 4.11. The SMILES string of the molecule is COC(=O)c1cc(CN2CCNCC2c2cc(F)cc(F)c2)c(C)s1.Cl.Cl. The Morgan fingerprint density at radius 1 is 1.26 bits per heavy atom. The molecule has 2 heterocycles. The Labute approximate surface area is 173 Å². The van der Waals surface area contributed by atoms with Gasteiger partial charge < -0.3 is 10.1 Å². The molecule has 2 aromatic rings. The van der Waals surface area contributed by atoms with Crippen LogP contribution in [0.25, 0.3) is 0 Å². The van der Waals surface area contributed by atoms with Crippen LogP contribution in [0, 0.1) is 18.6 Å². The van der Waals surface area contributed by atoms with Crippen molar-refractivity contribution in [2.75, 3.05) is 26.7 Å². The monoisotopic (exact) mass is 438 g/mol. The summed E-state index contributed by atoms with van der Waals surface area (Å²) in [6.45, 7) is 4.76. The van der Waals surface area contributed by atoms with E-state index >= 15 is 0 Å². The molecule has 1 aliphatic rings. The van der Waals surface area contributed by atoms with E-state index in [1.807, 2.05) is 13.0 Å². The average Bonchev–Trinajstić information content (AvgIpc) is 2.94. The predicted molar refractivity (Wildman–Crippen MR) is 107 cm³/mol. The van der Waals surface area contributed by atoms with E-state index in [0.29, 0.717) is 23.5 Å². The zero-order chi connectivity index (χ0) is 18.0. The number of thiophene rings is 1. The molecule has 0 spiro atoms. The second-order valence-electron chi connectivity index (χ2n) is 6.08. The van der Waals surface area contributed by atoms with Gasteiger partial charge in [0.2, 0.25) is 0 Å². The van der Waals surface area contributed by atoms with Crippen LogP contribution in [0.1, 0.15) is 31.7 Å². The van der Waals surface area contributed by atoms with E-state index in [0.717, 1.165) is 29.6 Å². The maximum absolute atomic E-state index is 13.6. The molecule has 27 heavy (non-hydrogen) atoms. The molecule has 1 atom stereocenters. The van der Waals surface area contributed by atoms with Gasteiger partial charge in [0.05, 0.1) is 7.11 Å². The van der Waals surface area contributed by atoms with Crippen LogP contribution in [0.4, 0.5) is 8.78 Å². The summed E-state index contributed by atoms with van der Waals surface area (Å²) in [6, 6.07) is 5.37. The maximum Gasteiger partial charge on any atom is 0.348 e. The Bertz CT molecular complexity index is 768. The van der Waals surface area contributed by atoms with Gasteiger partial charge in [-0.15, -0.1) is 36.2 Å². The van der Waals surface area contributed by atoms with Gasteiger partial charge in [0.1, 0.15) is 16.5 Å². The van der Waals surface area contributed by atoms with E-state index in [-0.39, 0.29) is 36.8 Å². The van der Waals surface area contributed by atoms with Crippen LogP contribution in [0.3, 0.4) is 0 Å². The summed E-state index contributed by atoms with van der Waals surface area (Å²) in [5.41, 5.74) is 1.65. The van der Waals surface area contributed by atoms with E-state index in [4.69, 9.17) is 4.74 Å². The number of nitrogens with zero attached hydrogens (tertiary/aromatic N) is 1. The zero-order valence-corrected chi connectivity index (χ0v) is 17.4. The number of halogens is 4. The lowest BCUT2D eigenvalue weighted by Crippen LogP contribution is -2.45. The number of nitrogens with one attached hydrogen (secondary N) is 1. The van der Waals surface area contributed by atoms with Gasteiger partial charge in [-0.05, 0) is 36.2 Å². The molecule has 1 aliphatic heterocycles. The molecule has 0 radical (unpaired) electrons. The Morgan fingerprint density at radius 3 is 2.56 bits per heavy atom. The number of hydrogen-bond acceptors (Lipinski definition) is 5. The van der Waals surface area contributed by atoms with Crippen LogP contribution in [0.15, 0.2) is 24.3 Å². The van der Waals surface area contributed by atoms with E-state index in [2.05, 4.69) is 10.2 Å². The minimum absolute atomic E-state index is 0.